The number of benzene rings is 1. The van der Waals surface area contributed by atoms with Crippen molar-refractivity contribution >= 4 is 12.0 Å². The zero-order valence-electron chi connectivity index (χ0n) is 14.4. The molecular weight excluding hydrogens is 327 g/mol. The third-order valence-corrected chi connectivity index (χ3v) is 5.58. The Bertz CT molecular complexity index is 696. The molecule has 3 rings (SSSR count). The lowest BCUT2D eigenvalue weighted by Gasteiger charge is -2.25. The van der Waals surface area contributed by atoms with E-state index in [9.17, 15) is 19.1 Å². The molecule has 2 amide bonds. The van der Waals surface area contributed by atoms with Gasteiger partial charge in [0, 0.05) is 18.7 Å². The van der Waals surface area contributed by atoms with Crippen LogP contribution in [0.3, 0.4) is 0 Å². The molecule has 1 aliphatic heterocycles. The first-order chi connectivity index (χ1) is 11.9. The Labute approximate surface area is 146 Å². The minimum Gasteiger partial charge on any atom is -0.496 e. The average molecular weight is 350 g/mol. The zero-order valence-corrected chi connectivity index (χ0v) is 14.4. The third kappa shape index (κ3) is 3.03. The minimum absolute atomic E-state index is 0.00904. The molecule has 1 aromatic carbocycles. The number of rotatable bonds is 4. The zero-order chi connectivity index (χ0) is 18.2. The summed E-state index contributed by atoms with van der Waals surface area (Å²) in [7, 11) is 1.49. The van der Waals surface area contributed by atoms with Crippen LogP contribution in [0.5, 0.6) is 5.75 Å². The number of carboxylic acids is 1. The summed E-state index contributed by atoms with van der Waals surface area (Å²) >= 11 is 0. The van der Waals surface area contributed by atoms with Gasteiger partial charge in [0.05, 0.1) is 18.6 Å². The molecule has 136 valence electrons. The van der Waals surface area contributed by atoms with E-state index >= 15 is 0 Å². The summed E-state index contributed by atoms with van der Waals surface area (Å²) < 4.78 is 18.8. The summed E-state index contributed by atoms with van der Waals surface area (Å²) in [5.74, 6) is -0.716. The van der Waals surface area contributed by atoms with Gasteiger partial charge in [0.15, 0.2) is 0 Å². The second-order valence-corrected chi connectivity index (χ2v) is 6.99. The van der Waals surface area contributed by atoms with E-state index in [0.29, 0.717) is 24.3 Å². The summed E-state index contributed by atoms with van der Waals surface area (Å²) in [4.78, 5) is 25.9. The van der Waals surface area contributed by atoms with Crippen molar-refractivity contribution in [2.75, 3.05) is 20.2 Å². The van der Waals surface area contributed by atoms with Gasteiger partial charge in [-0.15, -0.1) is 0 Å². The number of nitrogens with zero attached hydrogens (tertiary/aromatic N) is 1. The molecule has 1 aromatic rings. The molecule has 2 N–H and O–H groups in total. The number of hydrogen-bond acceptors (Lipinski definition) is 3. The number of halogens is 1. The van der Waals surface area contributed by atoms with Crippen LogP contribution >= 0.6 is 0 Å². The number of hydrogen-bond donors (Lipinski definition) is 2. The van der Waals surface area contributed by atoms with Gasteiger partial charge in [0.25, 0.3) is 0 Å². The van der Waals surface area contributed by atoms with Crippen molar-refractivity contribution in [3.05, 3.63) is 29.6 Å². The van der Waals surface area contributed by atoms with Crippen LogP contribution in [0.2, 0.25) is 0 Å². The number of urea groups is 1. The minimum atomic E-state index is -0.815. The number of fused-ring (bicyclic) bond motifs is 1. The number of likely N-dealkylation sites (tertiary alicyclic amines) is 1. The molecule has 0 aromatic heterocycles. The molecule has 6 nitrogen and oxygen atoms in total. The quantitative estimate of drug-likeness (QED) is 0.875. The van der Waals surface area contributed by atoms with Crippen molar-refractivity contribution in [3.63, 3.8) is 0 Å². The summed E-state index contributed by atoms with van der Waals surface area (Å²) in [6.07, 6.45) is 2.34. The standard InChI is InChI=1S/C18H23FN2O4/c1-11(14-8-13(19)5-6-15(14)25-2)20-17(24)21-9-12-4-3-7-18(12,10-21)16(22)23/h5-6,8,11-12H,3-4,7,9-10H2,1-2H3,(H,20,24)(H,22,23)/t11?,12-,18+/m0/s1. The normalized spacial score (nSPS) is 26.2. The Morgan fingerprint density at radius 1 is 1.48 bits per heavy atom. The number of aliphatic carboxylic acids is 1. The van der Waals surface area contributed by atoms with E-state index in [1.807, 2.05) is 0 Å². The summed E-state index contributed by atoms with van der Waals surface area (Å²) in [5.41, 5.74) is -0.264. The number of amides is 2. The predicted molar refractivity (Wildman–Crippen MR) is 88.9 cm³/mol. The second-order valence-electron chi connectivity index (χ2n) is 6.99. The largest absolute Gasteiger partial charge is 0.496 e. The predicted octanol–water partition coefficient (Wildman–Crippen LogP) is 2.79. The van der Waals surface area contributed by atoms with Crippen LogP contribution in [-0.2, 0) is 4.79 Å². The van der Waals surface area contributed by atoms with Crippen LogP contribution in [0, 0.1) is 17.2 Å². The molecule has 1 heterocycles. The molecule has 3 atom stereocenters. The highest BCUT2D eigenvalue weighted by Gasteiger charge is 2.55. The molecule has 0 bridgehead atoms. The second kappa shape index (κ2) is 6.54. The van der Waals surface area contributed by atoms with Crippen LogP contribution in [0.25, 0.3) is 0 Å². The smallest absolute Gasteiger partial charge is 0.317 e. The Morgan fingerprint density at radius 2 is 2.24 bits per heavy atom. The summed E-state index contributed by atoms with van der Waals surface area (Å²) in [6, 6.07) is 3.37. The van der Waals surface area contributed by atoms with Crippen molar-refractivity contribution in [1.29, 1.82) is 0 Å². The van der Waals surface area contributed by atoms with E-state index in [2.05, 4.69) is 5.32 Å². The Morgan fingerprint density at radius 3 is 2.88 bits per heavy atom. The molecule has 1 unspecified atom stereocenters. The summed E-state index contributed by atoms with van der Waals surface area (Å²) in [6.45, 7) is 2.43. The lowest BCUT2D eigenvalue weighted by Crippen LogP contribution is -2.42. The van der Waals surface area contributed by atoms with Crippen molar-refractivity contribution in [1.82, 2.24) is 10.2 Å². The topological polar surface area (TPSA) is 78.9 Å². The first-order valence-electron chi connectivity index (χ1n) is 8.49. The van der Waals surface area contributed by atoms with E-state index in [-0.39, 0.29) is 18.5 Å². The van der Waals surface area contributed by atoms with Gasteiger partial charge in [0.2, 0.25) is 0 Å². The maximum Gasteiger partial charge on any atom is 0.317 e. The Balaban J connectivity index is 1.71. The average Bonchev–Trinajstić information content (AvgIpc) is 3.13. The number of carboxylic acid groups (broad SMARTS) is 1. The highest BCUT2D eigenvalue weighted by molar-refractivity contribution is 5.80. The van der Waals surface area contributed by atoms with Crippen LogP contribution in [0.15, 0.2) is 18.2 Å². The highest BCUT2D eigenvalue weighted by atomic mass is 19.1. The first kappa shape index (κ1) is 17.5. The number of nitrogens with one attached hydrogen (secondary N) is 1. The van der Waals surface area contributed by atoms with Gasteiger partial charge >= 0.3 is 12.0 Å². The molecule has 0 spiro atoms. The van der Waals surface area contributed by atoms with Crippen LogP contribution in [0.1, 0.15) is 37.8 Å². The molecule has 1 saturated carbocycles. The molecule has 1 aliphatic carbocycles. The van der Waals surface area contributed by atoms with Crippen molar-refractivity contribution < 1.29 is 23.8 Å². The fraction of sp³-hybridized carbons (Fsp3) is 0.556. The van der Waals surface area contributed by atoms with Gasteiger partial charge in [-0.3, -0.25) is 4.79 Å². The molecule has 2 aliphatic rings. The molecule has 0 radical (unpaired) electrons. The molecular formula is C18H23FN2O4. The van der Waals surface area contributed by atoms with Crippen molar-refractivity contribution in [2.24, 2.45) is 11.3 Å². The number of carbonyl (C=O) groups is 2. The molecule has 2 fully saturated rings. The lowest BCUT2D eigenvalue weighted by molar-refractivity contribution is -0.149. The SMILES string of the molecule is COc1ccc(F)cc1C(C)NC(=O)N1C[C@@H]2CCC[C@@]2(C(=O)O)C1. The summed E-state index contributed by atoms with van der Waals surface area (Å²) in [5, 5.41) is 12.4. The fourth-order valence-corrected chi connectivity index (χ4v) is 4.19. The van der Waals surface area contributed by atoms with Gasteiger partial charge in [-0.2, -0.15) is 0 Å². The van der Waals surface area contributed by atoms with Crippen LogP contribution < -0.4 is 10.1 Å². The number of methoxy groups -OCH3 is 1. The lowest BCUT2D eigenvalue weighted by atomic mass is 9.81. The number of ether oxygens (including phenoxy) is 1. The number of carbonyl (C=O) groups excluding carboxylic acids is 1. The van der Waals surface area contributed by atoms with E-state index in [1.165, 1.54) is 25.3 Å². The molecule has 25 heavy (non-hydrogen) atoms. The van der Waals surface area contributed by atoms with E-state index in [1.54, 1.807) is 11.8 Å². The molecule has 7 heteroatoms. The van der Waals surface area contributed by atoms with E-state index in [4.69, 9.17) is 4.74 Å². The fourth-order valence-electron chi connectivity index (χ4n) is 4.19. The maximum atomic E-state index is 13.5. The van der Waals surface area contributed by atoms with Gasteiger partial charge in [-0.25, -0.2) is 9.18 Å². The molecule has 1 saturated heterocycles. The Hall–Kier alpha value is -2.31. The van der Waals surface area contributed by atoms with Crippen molar-refractivity contribution in [3.8, 4) is 5.75 Å². The van der Waals surface area contributed by atoms with E-state index in [0.717, 1.165) is 12.8 Å². The highest BCUT2D eigenvalue weighted by Crippen LogP contribution is 2.48. The van der Waals surface area contributed by atoms with E-state index < -0.39 is 23.2 Å². The van der Waals surface area contributed by atoms with Gasteiger partial charge < -0.3 is 20.1 Å². The van der Waals surface area contributed by atoms with Crippen LogP contribution in [-0.4, -0.2) is 42.2 Å². The monoisotopic (exact) mass is 350 g/mol. The van der Waals surface area contributed by atoms with Gasteiger partial charge in [-0.1, -0.05) is 6.42 Å². The van der Waals surface area contributed by atoms with Crippen LogP contribution in [0.4, 0.5) is 9.18 Å². The third-order valence-electron chi connectivity index (χ3n) is 5.58. The first-order valence-corrected chi connectivity index (χ1v) is 8.49. The maximum absolute atomic E-state index is 13.5. The van der Waals surface area contributed by atoms with Crippen molar-refractivity contribution in [2.45, 2.75) is 32.2 Å². The Kier molecular flexibility index (Phi) is 4.58. The van der Waals surface area contributed by atoms with Gasteiger partial charge in [-0.05, 0) is 43.9 Å². The van der Waals surface area contributed by atoms with Gasteiger partial charge in [0.1, 0.15) is 11.6 Å².